The highest BCUT2D eigenvalue weighted by Crippen LogP contribution is 2.29. The summed E-state index contributed by atoms with van der Waals surface area (Å²) in [4.78, 5) is 4.34. The molecular weight excluding hydrogens is 324 g/mol. The van der Waals surface area contributed by atoms with Crippen LogP contribution in [0, 0.1) is 6.92 Å². The quantitative estimate of drug-likeness (QED) is 0.873. The number of benzene rings is 1. The Bertz CT molecular complexity index is 756. The molecule has 8 heteroatoms. The molecule has 1 atom stereocenters. The van der Waals surface area contributed by atoms with Crippen molar-refractivity contribution in [3.63, 3.8) is 0 Å². The maximum absolute atomic E-state index is 12.6. The molecule has 0 fully saturated rings. The van der Waals surface area contributed by atoms with E-state index in [2.05, 4.69) is 9.71 Å². The van der Waals surface area contributed by atoms with Crippen LogP contribution in [0.25, 0.3) is 0 Å². The molecule has 0 saturated carbocycles. The summed E-state index contributed by atoms with van der Waals surface area (Å²) in [6.07, 6.45) is 0. The number of nitrogens with one attached hydrogen (secondary N) is 1. The van der Waals surface area contributed by atoms with Crippen molar-refractivity contribution in [1.29, 1.82) is 0 Å². The predicted octanol–water partition coefficient (Wildman–Crippen LogP) is 2.51. The maximum atomic E-state index is 12.6. The van der Waals surface area contributed by atoms with E-state index in [1.807, 2.05) is 12.3 Å². The summed E-state index contributed by atoms with van der Waals surface area (Å²) in [6.45, 7) is 3.62. The molecule has 1 aromatic carbocycles. The molecule has 1 heterocycles. The second kappa shape index (κ2) is 6.64. The third-order valence-electron chi connectivity index (χ3n) is 3.07. The highest BCUT2D eigenvalue weighted by Gasteiger charge is 2.24. The van der Waals surface area contributed by atoms with Gasteiger partial charge in [-0.3, -0.25) is 0 Å². The third-order valence-corrected chi connectivity index (χ3v) is 5.43. The van der Waals surface area contributed by atoms with Crippen LogP contribution in [0.2, 0.25) is 0 Å². The normalized spacial score (nSPS) is 12.9. The Morgan fingerprint density at radius 1 is 1.27 bits per heavy atom. The van der Waals surface area contributed by atoms with Gasteiger partial charge in [-0.1, -0.05) is 0 Å². The van der Waals surface area contributed by atoms with Crippen molar-refractivity contribution < 1.29 is 17.9 Å². The minimum absolute atomic E-state index is 0.0353. The fourth-order valence-corrected chi connectivity index (χ4v) is 4.04. The molecule has 0 radical (unpaired) electrons. The van der Waals surface area contributed by atoms with Crippen LogP contribution >= 0.6 is 11.3 Å². The summed E-state index contributed by atoms with van der Waals surface area (Å²) in [6, 6.07) is 4.20. The van der Waals surface area contributed by atoms with Crippen molar-refractivity contribution in [2.24, 2.45) is 0 Å². The van der Waals surface area contributed by atoms with Gasteiger partial charge in [-0.2, -0.15) is 0 Å². The Morgan fingerprint density at radius 3 is 2.55 bits per heavy atom. The van der Waals surface area contributed by atoms with Gasteiger partial charge in [-0.05, 0) is 26.0 Å². The summed E-state index contributed by atoms with van der Waals surface area (Å²) in [7, 11) is -0.861. The molecule has 0 aliphatic heterocycles. The highest BCUT2D eigenvalue weighted by molar-refractivity contribution is 7.89. The van der Waals surface area contributed by atoms with E-state index in [0.717, 1.165) is 5.01 Å². The van der Waals surface area contributed by atoms with Gasteiger partial charge in [0.2, 0.25) is 10.0 Å². The average molecular weight is 342 g/mol. The van der Waals surface area contributed by atoms with Gasteiger partial charge in [0, 0.05) is 11.4 Å². The van der Waals surface area contributed by atoms with Crippen molar-refractivity contribution in [3.05, 3.63) is 34.3 Å². The lowest BCUT2D eigenvalue weighted by Crippen LogP contribution is -2.27. The number of aryl methyl sites for hydroxylation is 1. The molecule has 2 rings (SSSR count). The van der Waals surface area contributed by atoms with E-state index in [9.17, 15) is 8.42 Å². The summed E-state index contributed by atoms with van der Waals surface area (Å²) in [5.74, 6) is 0.702. The number of hydrogen-bond acceptors (Lipinski definition) is 6. The molecule has 0 aliphatic rings. The topological polar surface area (TPSA) is 77.5 Å². The zero-order valence-corrected chi connectivity index (χ0v) is 14.4. The second-order valence-electron chi connectivity index (χ2n) is 4.65. The summed E-state index contributed by atoms with van der Waals surface area (Å²) in [5, 5.41) is 2.73. The summed E-state index contributed by atoms with van der Waals surface area (Å²) >= 11 is 1.48. The van der Waals surface area contributed by atoms with E-state index in [1.54, 1.807) is 19.1 Å². The van der Waals surface area contributed by atoms with Crippen LogP contribution in [-0.2, 0) is 10.0 Å². The van der Waals surface area contributed by atoms with Crippen LogP contribution in [0.5, 0.6) is 11.5 Å². The largest absolute Gasteiger partial charge is 0.497 e. The van der Waals surface area contributed by atoms with E-state index in [-0.39, 0.29) is 10.6 Å². The number of hydrogen-bond donors (Lipinski definition) is 1. The molecule has 2 aromatic rings. The zero-order valence-electron chi connectivity index (χ0n) is 12.8. The van der Waals surface area contributed by atoms with Crippen LogP contribution in [0.15, 0.2) is 28.5 Å². The van der Waals surface area contributed by atoms with Gasteiger partial charge in [0.05, 0.1) is 31.0 Å². The number of thiazole rings is 1. The first-order valence-electron chi connectivity index (χ1n) is 6.53. The van der Waals surface area contributed by atoms with Gasteiger partial charge in [0.15, 0.2) is 0 Å². The Labute approximate surface area is 134 Å². The minimum atomic E-state index is -3.76. The fraction of sp³-hybridized carbons (Fsp3) is 0.357. The van der Waals surface area contributed by atoms with Crippen molar-refractivity contribution >= 4 is 21.4 Å². The zero-order chi connectivity index (χ0) is 16.3. The molecule has 1 aromatic heterocycles. The highest BCUT2D eigenvalue weighted by atomic mass is 32.2. The lowest BCUT2D eigenvalue weighted by Gasteiger charge is -2.15. The fourth-order valence-electron chi connectivity index (χ4n) is 1.93. The Morgan fingerprint density at radius 2 is 2.00 bits per heavy atom. The lowest BCUT2D eigenvalue weighted by atomic mass is 10.3. The molecule has 1 N–H and O–H groups in total. The van der Waals surface area contributed by atoms with Gasteiger partial charge in [0.1, 0.15) is 16.4 Å². The predicted molar refractivity (Wildman–Crippen MR) is 85.1 cm³/mol. The molecule has 0 aliphatic carbocycles. The van der Waals surface area contributed by atoms with Crippen LogP contribution in [0.1, 0.15) is 23.7 Å². The Kier molecular flexibility index (Phi) is 5.05. The molecule has 6 nitrogen and oxygen atoms in total. The van der Waals surface area contributed by atoms with Gasteiger partial charge in [-0.15, -0.1) is 11.3 Å². The third kappa shape index (κ3) is 3.57. The first-order chi connectivity index (χ1) is 10.4. The first kappa shape index (κ1) is 16.7. The molecule has 0 spiro atoms. The molecular formula is C14H18N2O4S2. The van der Waals surface area contributed by atoms with Gasteiger partial charge in [0.25, 0.3) is 0 Å². The molecule has 0 amide bonds. The van der Waals surface area contributed by atoms with Crippen LogP contribution in [0.4, 0.5) is 0 Å². The van der Waals surface area contributed by atoms with Gasteiger partial charge >= 0.3 is 0 Å². The summed E-state index contributed by atoms with van der Waals surface area (Å²) in [5.41, 5.74) is 0.688. The number of sulfonamides is 1. The number of methoxy groups -OCH3 is 2. The van der Waals surface area contributed by atoms with Gasteiger partial charge < -0.3 is 9.47 Å². The molecule has 0 saturated heterocycles. The van der Waals surface area contributed by atoms with E-state index in [1.165, 1.54) is 31.6 Å². The first-order valence-corrected chi connectivity index (χ1v) is 8.90. The SMILES string of the molecule is COc1ccc(OC)c(S(=O)(=O)NC(C)c2csc(C)n2)c1. The van der Waals surface area contributed by atoms with Crippen LogP contribution < -0.4 is 14.2 Å². The second-order valence-corrected chi connectivity index (χ2v) is 7.40. The van der Waals surface area contributed by atoms with Crippen molar-refractivity contribution in [2.45, 2.75) is 24.8 Å². The Balaban J connectivity index is 2.33. The number of aromatic nitrogens is 1. The standard InChI is InChI=1S/C14H18N2O4S2/c1-9(12-8-21-10(2)15-12)16-22(17,18)14-7-11(19-3)5-6-13(14)20-4/h5-9,16H,1-4H3. The molecule has 22 heavy (non-hydrogen) atoms. The smallest absolute Gasteiger partial charge is 0.244 e. The molecule has 0 bridgehead atoms. The van der Waals surface area contributed by atoms with Crippen molar-refractivity contribution in [3.8, 4) is 11.5 Å². The Hall–Kier alpha value is -1.64. The summed E-state index contributed by atoms with van der Waals surface area (Å²) < 4.78 is 38.0. The van der Waals surface area contributed by atoms with E-state index in [0.29, 0.717) is 11.4 Å². The van der Waals surface area contributed by atoms with Gasteiger partial charge in [-0.25, -0.2) is 18.1 Å². The van der Waals surface area contributed by atoms with E-state index in [4.69, 9.17) is 9.47 Å². The van der Waals surface area contributed by atoms with Crippen molar-refractivity contribution in [1.82, 2.24) is 9.71 Å². The van der Waals surface area contributed by atoms with E-state index < -0.39 is 16.1 Å². The van der Waals surface area contributed by atoms with Crippen LogP contribution in [0.3, 0.4) is 0 Å². The maximum Gasteiger partial charge on any atom is 0.244 e. The number of nitrogens with zero attached hydrogens (tertiary/aromatic N) is 1. The minimum Gasteiger partial charge on any atom is -0.497 e. The lowest BCUT2D eigenvalue weighted by molar-refractivity contribution is 0.391. The van der Waals surface area contributed by atoms with E-state index >= 15 is 0 Å². The average Bonchev–Trinajstić information content (AvgIpc) is 2.93. The van der Waals surface area contributed by atoms with Crippen molar-refractivity contribution in [2.75, 3.05) is 14.2 Å². The monoisotopic (exact) mass is 342 g/mol. The van der Waals surface area contributed by atoms with Crippen LogP contribution in [-0.4, -0.2) is 27.6 Å². The number of ether oxygens (including phenoxy) is 2. The number of rotatable bonds is 6. The molecule has 120 valence electrons. The molecule has 1 unspecified atom stereocenters.